The van der Waals surface area contributed by atoms with Crippen molar-refractivity contribution in [2.24, 2.45) is 0 Å². The predicted octanol–water partition coefficient (Wildman–Crippen LogP) is 13.2. The number of hydrogen-bond acceptors (Lipinski definition) is 2. The number of benzene rings is 8. The molecule has 0 saturated heterocycles. The van der Waals surface area contributed by atoms with E-state index in [0.717, 1.165) is 50.1 Å². The highest BCUT2D eigenvalue weighted by Gasteiger charge is 2.15. The molecule has 2 heteroatoms. The maximum Gasteiger partial charge on any atom is 0.136 e. The van der Waals surface area contributed by atoms with Crippen LogP contribution in [0.4, 0.5) is 17.1 Å². The van der Waals surface area contributed by atoms with E-state index in [1.165, 1.54) is 33.0 Å². The van der Waals surface area contributed by atoms with Crippen LogP contribution in [0.2, 0.25) is 0 Å². The van der Waals surface area contributed by atoms with Gasteiger partial charge in [0.1, 0.15) is 11.2 Å². The number of rotatable bonds is 6. The van der Waals surface area contributed by atoms with Crippen molar-refractivity contribution >= 4 is 49.8 Å². The molecule has 0 saturated carbocycles. The summed E-state index contributed by atoms with van der Waals surface area (Å²) in [6.07, 6.45) is 0. The zero-order valence-electron chi connectivity index (χ0n) is 26.3. The van der Waals surface area contributed by atoms with Gasteiger partial charge in [0.15, 0.2) is 0 Å². The van der Waals surface area contributed by atoms with Gasteiger partial charge in [-0.05, 0) is 105 Å². The molecule has 2 nitrogen and oxygen atoms in total. The molecule has 0 spiro atoms. The van der Waals surface area contributed by atoms with Crippen LogP contribution >= 0.6 is 0 Å². The van der Waals surface area contributed by atoms with Crippen LogP contribution in [0.3, 0.4) is 0 Å². The number of hydrogen-bond donors (Lipinski definition) is 0. The molecule has 0 unspecified atom stereocenters. The molecule has 9 rings (SSSR count). The normalized spacial score (nSPS) is 11.3. The van der Waals surface area contributed by atoms with Gasteiger partial charge < -0.3 is 9.32 Å². The van der Waals surface area contributed by atoms with Crippen LogP contribution in [0, 0.1) is 0 Å². The van der Waals surface area contributed by atoms with Crippen molar-refractivity contribution < 1.29 is 4.42 Å². The summed E-state index contributed by atoms with van der Waals surface area (Å²) in [6.45, 7) is 0. The highest BCUT2D eigenvalue weighted by atomic mass is 16.3. The van der Waals surface area contributed by atoms with Gasteiger partial charge in [-0.3, -0.25) is 0 Å². The summed E-state index contributed by atoms with van der Waals surface area (Å²) in [5.41, 5.74) is 12.3. The lowest BCUT2D eigenvalue weighted by Gasteiger charge is -2.26. The van der Waals surface area contributed by atoms with Gasteiger partial charge in [-0.25, -0.2) is 0 Å². The number of furan rings is 1. The lowest BCUT2D eigenvalue weighted by atomic mass is 9.94. The molecule has 0 aliphatic carbocycles. The van der Waals surface area contributed by atoms with Crippen LogP contribution in [-0.4, -0.2) is 0 Å². The minimum Gasteiger partial charge on any atom is -0.456 e. The Morgan fingerprint density at radius 3 is 1.46 bits per heavy atom. The Morgan fingerprint density at radius 1 is 0.312 bits per heavy atom. The Bertz CT molecular complexity index is 2530. The van der Waals surface area contributed by atoms with Gasteiger partial charge in [-0.1, -0.05) is 127 Å². The van der Waals surface area contributed by atoms with Crippen LogP contribution in [0.15, 0.2) is 192 Å². The van der Waals surface area contributed by atoms with Gasteiger partial charge in [0.25, 0.3) is 0 Å². The van der Waals surface area contributed by atoms with Gasteiger partial charge in [0.05, 0.1) is 0 Å². The third-order valence-corrected chi connectivity index (χ3v) is 9.26. The van der Waals surface area contributed by atoms with E-state index >= 15 is 0 Å². The summed E-state index contributed by atoms with van der Waals surface area (Å²) in [4.78, 5) is 2.31. The lowest BCUT2D eigenvalue weighted by molar-refractivity contribution is 0.669. The largest absolute Gasteiger partial charge is 0.456 e. The first-order valence-electron chi connectivity index (χ1n) is 16.3. The molecule has 226 valence electrons. The summed E-state index contributed by atoms with van der Waals surface area (Å²) >= 11 is 0. The molecule has 1 heterocycles. The first-order chi connectivity index (χ1) is 23.8. The van der Waals surface area contributed by atoms with Crippen molar-refractivity contribution in [1.82, 2.24) is 0 Å². The van der Waals surface area contributed by atoms with E-state index in [0.29, 0.717) is 0 Å². The second-order valence-corrected chi connectivity index (χ2v) is 12.2. The molecule has 48 heavy (non-hydrogen) atoms. The van der Waals surface area contributed by atoms with E-state index in [-0.39, 0.29) is 0 Å². The molecule has 0 N–H and O–H groups in total. The highest BCUT2D eigenvalue weighted by molar-refractivity contribution is 6.11. The summed E-state index contributed by atoms with van der Waals surface area (Å²) < 4.78 is 6.26. The zero-order chi connectivity index (χ0) is 31.9. The van der Waals surface area contributed by atoms with E-state index < -0.39 is 0 Å². The molecule has 0 amide bonds. The standard InChI is InChI=1S/C46H31NO/c1-3-11-33(12-4-1)41-17-9-10-18-42(41)34-21-26-40(27-22-34)47(38-15-5-2-6-16-38)39-24-19-32(20-25-39)37-23-28-45-43(30-37)44-29-35-13-7-8-14-36(35)31-46(44)48-45/h1-31H. The SMILES string of the molecule is c1ccc(-c2ccccc2-c2ccc(N(c3ccccc3)c3ccc(-c4ccc5oc6cc7ccccc7cc6c5c4)cc3)cc2)cc1. The molecule has 0 aliphatic rings. The molecule has 9 aromatic rings. The van der Waals surface area contributed by atoms with Crippen molar-refractivity contribution in [3.8, 4) is 33.4 Å². The first-order valence-corrected chi connectivity index (χ1v) is 16.3. The summed E-state index contributed by atoms with van der Waals surface area (Å²) in [5, 5.41) is 4.69. The molecular formula is C46H31NO. The highest BCUT2D eigenvalue weighted by Crippen LogP contribution is 2.39. The van der Waals surface area contributed by atoms with Crippen molar-refractivity contribution in [3.05, 3.63) is 188 Å². The van der Waals surface area contributed by atoms with Gasteiger partial charge in [-0.15, -0.1) is 0 Å². The number of para-hydroxylation sites is 1. The summed E-state index contributed by atoms with van der Waals surface area (Å²) in [5.74, 6) is 0. The van der Waals surface area contributed by atoms with Crippen molar-refractivity contribution in [1.29, 1.82) is 0 Å². The van der Waals surface area contributed by atoms with Crippen LogP contribution in [-0.2, 0) is 0 Å². The van der Waals surface area contributed by atoms with Gasteiger partial charge in [0, 0.05) is 27.8 Å². The molecule has 0 bridgehead atoms. The maximum absolute atomic E-state index is 6.26. The Balaban J connectivity index is 1.07. The van der Waals surface area contributed by atoms with Gasteiger partial charge in [0.2, 0.25) is 0 Å². The lowest BCUT2D eigenvalue weighted by Crippen LogP contribution is -2.09. The Kier molecular flexibility index (Phi) is 6.84. The molecular weight excluding hydrogens is 583 g/mol. The van der Waals surface area contributed by atoms with Crippen LogP contribution in [0.1, 0.15) is 0 Å². The van der Waals surface area contributed by atoms with E-state index in [1.54, 1.807) is 0 Å². The molecule has 0 aliphatic heterocycles. The van der Waals surface area contributed by atoms with Gasteiger partial charge in [-0.2, -0.15) is 0 Å². The molecule has 0 radical (unpaired) electrons. The number of anilines is 3. The topological polar surface area (TPSA) is 16.4 Å². The first kappa shape index (κ1) is 27.9. The fourth-order valence-electron chi connectivity index (χ4n) is 6.86. The number of fused-ring (bicyclic) bond motifs is 4. The van der Waals surface area contributed by atoms with Crippen LogP contribution in [0.5, 0.6) is 0 Å². The van der Waals surface area contributed by atoms with Crippen LogP contribution in [0.25, 0.3) is 66.1 Å². The van der Waals surface area contributed by atoms with E-state index in [2.05, 4.69) is 193 Å². The fraction of sp³-hybridized carbons (Fsp3) is 0. The fourth-order valence-corrected chi connectivity index (χ4v) is 6.86. The molecule has 8 aromatic carbocycles. The average molecular weight is 614 g/mol. The molecule has 0 fully saturated rings. The molecule has 0 atom stereocenters. The minimum atomic E-state index is 0.908. The number of nitrogens with zero attached hydrogens (tertiary/aromatic N) is 1. The second-order valence-electron chi connectivity index (χ2n) is 12.2. The predicted molar refractivity (Wildman–Crippen MR) is 202 cm³/mol. The monoisotopic (exact) mass is 613 g/mol. The van der Waals surface area contributed by atoms with E-state index in [9.17, 15) is 0 Å². The zero-order valence-corrected chi connectivity index (χ0v) is 26.3. The second kappa shape index (κ2) is 11.8. The summed E-state index contributed by atoms with van der Waals surface area (Å²) in [6, 6.07) is 66.9. The Hall–Kier alpha value is -6.38. The quantitative estimate of drug-likeness (QED) is 0.185. The Labute approximate surface area is 279 Å². The van der Waals surface area contributed by atoms with Gasteiger partial charge >= 0.3 is 0 Å². The Morgan fingerprint density at radius 2 is 0.792 bits per heavy atom. The van der Waals surface area contributed by atoms with E-state index in [1.807, 2.05) is 0 Å². The molecule has 1 aromatic heterocycles. The average Bonchev–Trinajstić information content (AvgIpc) is 3.52. The summed E-state index contributed by atoms with van der Waals surface area (Å²) in [7, 11) is 0. The minimum absolute atomic E-state index is 0.908. The van der Waals surface area contributed by atoms with Crippen molar-refractivity contribution in [2.45, 2.75) is 0 Å². The van der Waals surface area contributed by atoms with Crippen molar-refractivity contribution in [2.75, 3.05) is 4.90 Å². The third-order valence-electron chi connectivity index (χ3n) is 9.26. The van der Waals surface area contributed by atoms with Crippen molar-refractivity contribution in [3.63, 3.8) is 0 Å². The smallest absolute Gasteiger partial charge is 0.136 e. The van der Waals surface area contributed by atoms with Crippen LogP contribution < -0.4 is 4.90 Å². The third kappa shape index (κ3) is 5.01. The maximum atomic E-state index is 6.26. The van der Waals surface area contributed by atoms with E-state index in [4.69, 9.17) is 4.42 Å².